The maximum Gasteiger partial charge on any atom is 0.142 e. The molecule has 0 fully saturated rings. The van der Waals surface area contributed by atoms with E-state index in [0.29, 0.717) is 5.56 Å². The zero-order chi connectivity index (χ0) is 14.1. The van der Waals surface area contributed by atoms with Crippen LogP contribution in [-0.4, -0.2) is 0 Å². The smallest absolute Gasteiger partial charge is 0.142 e. The van der Waals surface area contributed by atoms with Crippen LogP contribution in [0.25, 0.3) is 0 Å². The Bertz CT molecular complexity index is 644. The van der Waals surface area contributed by atoms with E-state index in [1.807, 2.05) is 18.2 Å². The van der Waals surface area contributed by atoms with Crippen LogP contribution in [0.2, 0.25) is 5.02 Å². The normalized spacial score (nSPS) is 17.1. The van der Waals surface area contributed by atoms with Gasteiger partial charge in [0.15, 0.2) is 0 Å². The van der Waals surface area contributed by atoms with E-state index < -0.39 is 5.82 Å². The number of aryl methyl sites for hydroxylation is 1. The molecule has 2 N–H and O–H groups in total. The SMILES string of the molecule is NC1CCc2cc(OCc3cccc(F)c3Cl)ccc21. The number of ether oxygens (including phenoxy) is 1. The molecule has 2 aromatic rings. The first-order chi connectivity index (χ1) is 9.65. The van der Waals surface area contributed by atoms with Crippen LogP contribution in [-0.2, 0) is 13.0 Å². The van der Waals surface area contributed by atoms with Gasteiger partial charge in [0.25, 0.3) is 0 Å². The van der Waals surface area contributed by atoms with Crippen LogP contribution in [0.15, 0.2) is 36.4 Å². The van der Waals surface area contributed by atoms with E-state index in [1.165, 1.54) is 17.2 Å². The molecule has 0 bridgehead atoms. The zero-order valence-electron chi connectivity index (χ0n) is 10.9. The molecule has 2 nitrogen and oxygen atoms in total. The van der Waals surface area contributed by atoms with Gasteiger partial charge in [-0.15, -0.1) is 0 Å². The molecule has 0 radical (unpaired) electrons. The van der Waals surface area contributed by atoms with Crippen LogP contribution >= 0.6 is 11.6 Å². The average Bonchev–Trinajstić information content (AvgIpc) is 2.82. The molecule has 0 heterocycles. The molecule has 20 heavy (non-hydrogen) atoms. The molecule has 1 unspecified atom stereocenters. The van der Waals surface area contributed by atoms with Gasteiger partial charge in [0.2, 0.25) is 0 Å². The van der Waals surface area contributed by atoms with Crippen molar-refractivity contribution in [2.45, 2.75) is 25.5 Å². The van der Waals surface area contributed by atoms with Crippen molar-refractivity contribution in [2.24, 2.45) is 5.73 Å². The Hall–Kier alpha value is -1.58. The highest BCUT2D eigenvalue weighted by Gasteiger charge is 2.19. The number of rotatable bonds is 3. The van der Waals surface area contributed by atoms with Crippen LogP contribution < -0.4 is 10.5 Å². The Labute approximate surface area is 122 Å². The van der Waals surface area contributed by atoms with E-state index in [1.54, 1.807) is 12.1 Å². The summed E-state index contributed by atoms with van der Waals surface area (Å²) >= 11 is 5.90. The van der Waals surface area contributed by atoms with E-state index in [4.69, 9.17) is 22.1 Å². The number of benzene rings is 2. The largest absolute Gasteiger partial charge is 0.489 e. The molecule has 3 rings (SSSR count). The van der Waals surface area contributed by atoms with E-state index in [-0.39, 0.29) is 17.7 Å². The molecule has 104 valence electrons. The van der Waals surface area contributed by atoms with Gasteiger partial charge in [-0.05, 0) is 42.2 Å². The molecular weight excluding hydrogens is 277 g/mol. The summed E-state index contributed by atoms with van der Waals surface area (Å²) in [5.41, 5.74) is 9.07. The summed E-state index contributed by atoms with van der Waals surface area (Å²) in [5, 5.41) is 0.121. The standard InChI is InChI=1S/C16H15ClFNO/c17-16-11(2-1-3-14(16)18)9-20-12-5-6-13-10(8-12)4-7-15(13)19/h1-3,5-6,8,15H,4,7,9,19H2. The number of hydrogen-bond acceptors (Lipinski definition) is 2. The summed E-state index contributed by atoms with van der Waals surface area (Å²) in [4.78, 5) is 0. The molecule has 0 aliphatic heterocycles. The second kappa shape index (κ2) is 5.43. The fourth-order valence-electron chi connectivity index (χ4n) is 2.54. The zero-order valence-corrected chi connectivity index (χ0v) is 11.7. The van der Waals surface area contributed by atoms with Gasteiger partial charge in [-0.3, -0.25) is 0 Å². The Morgan fingerprint density at radius 1 is 1.30 bits per heavy atom. The molecule has 1 atom stereocenters. The van der Waals surface area contributed by atoms with Gasteiger partial charge in [-0.25, -0.2) is 4.39 Å². The number of nitrogens with two attached hydrogens (primary N) is 1. The molecule has 0 spiro atoms. The Kier molecular flexibility index (Phi) is 3.64. The third-order valence-corrected chi connectivity index (χ3v) is 4.09. The van der Waals surface area contributed by atoms with Crippen molar-refractivity contribution in [3.63, 3.8) is 0 Å². The van der Waals surface area contributed by atoms with Gasteiger partial charge in [-0.1, -0.05) is 29.8 Å². The van der Waals surface area contributed by atoms with Crippen LogP contribution in [0.3, 0.4) is 0 Å². The van der Waals surface area contributed by atoms with Crippen molar-refractivity contribution < 1.29 is 9.13 Å². The summed E-state index contributed by atoms with van der Waals surface area (Å²) in [5.74, 6) is 0.339. The second-order valence-electron chi connectivity index (χ2n) is 5.01. The molecule has 0 saturated heterocycles. The predicted octanol–water partition coefficient (Wildman–Crippen LogP) is 4.00. The highest BCUT2D eigenvalue weighted by Crippen LogP contribution is 2.32. The molecule has 0 aromatic heterocycles. The molecule has 1 aliphatic carbocycles. The van der Waals surface area contributed by atoms with Gasteiger partial charge in [0, 0.05) is 11.6 Å². The minimum atomic E-state index is -0.423. The monoisotopic (exact) mass is 291 g/mol. The van der Waals surface area contributed by atoms with Gasteiger partial charge in [0.1, 0.15) is 18.2 Å². The highest BCUT2D eigenvalue weighted by atomic mass is 35.5. The first kappa shape index (κ1) is 13.4. The van der Waals surface area contributed by atoms with Crippen molar-refractivity contribution in [1.29, 1.82) is 0 Å². The number of hydrogen-bond donors (Lipinski definition) is 1. The first-order valence-electron chi connectivity index (χ1n) is 6.59. The highest BCUT2D eigenvalue weighted by molar-refractivity contribution is 6.31. The van der Waals surface area contributed by atoms with Crippen LogP contribution in [0.5, 0.6) is 5.75 Å². The van der Waals surface area contributed by atoms with Gasteiger partial charge >= 0.3 is 0 Å². The molecule has 0 amide bonds. The lowest BCUT2D eigenvalue weighted by atomic mass is 10.1. The Morgan fingerprint density at radius 2 is 2.15 bits per heavy atom. The van der Waals surface area contributed by atoms with Gasteiger partial charge in [-0.2, -0.15) is 0 Å². The van der Waals surface area contributed by atoms with E-state index >= 15 is 0 Å². The minimum Gasteiger partial charge on any atom is -0.489 e. The lowest BCUT2D eigenvalue weighted by Crippen LogP contribution is -2.05. The van der Waals surface area contributed by atoms with Crippen LogP contribution in [0, 0.1) is 5.82 Å². The Morgan fingerprint density at radius 3 is 3.00 bits per heavy atom. The fourth-order valence-corrected chi connectivity index (χ4v) is 2.72. The minimum absolute atomic E-state index is 0.121. The van der Waals surface area contributed by atoms with Crippen molar-refractivity contribution in [3.05, 3.63) is 63.9 Å². The topological polar surface area (TPSA) is 35.2 Å². The summed E-state index contributed by atoms with van der Waals surface area (Å²) in [6.45, 7) is 0.251. The van der Waals surface area contributed by atoms with E-state index in [9.17, 15) is 4.39 Å². The summed E-state index contributed by atoms with van der Waals surface area (Å²) in [6, 6.07) is 10.8. The summed E-state index contributed by atoms with van der Waals surface area (Å²) in [6.07, 6.45) is 1.96. The third kappa shape index (κ3) is 2.51. The molecule has 2 aromatic carbocycles. The van der Waals surface area contributed by atoms with Crippen LogP contribution in [0.4, 0.5) is 4.39 Å². The summed E-state index contributed by atoms with van der Waals surface area (Å²) < 4.78 is 19.0. The average molecular weight is 292 g/mol. The quantitative estimate of drug-likeness (QED) is 0.927. The first-order valence-corrected chi connectivity index (χ1v) is 6.97. The Balaban J connectivity index is 1.74. The fraction of sp³-hybridized carbons (Fsp3) is 0.250. The summed E-state index contributed by atoms with van der Waals surface area (Å²) in [7, 11) is 0. The molecule has 0 saturated carbocycles. The molecular formula is C16H15ClFNO. The lowest BCUT2D eigenvalue weighted by Gasteiger charge is -2.10. The van der Waals surface area contributed by atoms with Gasteiger partial charge < -0.3 is 10.5 Å². The van der Waals surface area contributed by atoms with E-state index in [2.05, 4.69) is 0 Å². The third-order valence-electron chi connectivity index (χ3n) is 3.66. The van der Waals surface area contributed by atoms with Crippen LogP contribution in [0.1, 0.15) is 29.2 Å². The maximum atomic E-state index is 13.3. The van der Waals surface area contributed by atoms with Crippen molar-refractivity contribution in [1.82, 2.24) is 0 Å². The predicted molar refractivity (Wildman–Crippen MR) is 77.4 cm³/mol. The maximum absolute atomic E-state index is 13.3. The van der Waals surface area contributed by atoms with Gasteiger partial charge in [0.05, 0.1) is 5.02 Å². The van der Waals surface area contributed by atoms with Crippen molar-refractivity contribution >= 4 is 11.6 Å². The van der Waals surface area contributed by atoms with Crippen molar-refractivity contribution in [3.8, 4) is 5.75 Å². The number of halogens is 2. The second-order valence-corrected chi connectivity index (χ2v) is 5.39. The number of fused-ring (bicyclic) bond motifs is 1. The molecule has 4 heteroatoms. The van der Waals surface area contributed by atoms with Crippen molar-refractivity contribution in [2.75, 3.05) is 0 Å². The molecule has 1 aliphatic rings. The lowest BCUT2D eigenvalue weighted by molar-refractivity contribution is 0.305. The van der Waals surface area contributed by atoms with E-state index in [0.717, 1.165) is 18.6 Å².